The van der Waals surface area contributed by atoms with Gasteiger partial charge in [0.25, 0.3) is 15.9 Å². The molecule has 0 fully saturated rings. The third kappa shape index (κ3) is 5.30. The van der Waals surface area contributed by atoms with Crippen molar-refractivity contribution in [2.24, 2.45) is 0 Å². The van der Waals surface area contributed by atoms with Gasteiger partial charge in [-0.1, -0.05) is 72.8 Å². The minimum Gasteiger partial charge on any atom is -0.298 e. The van der Waals surface area contributed by atoms with Gasteiger partial charge in [-0.05, 0) is 47.5 Å². The molecular weight excluding hydrogens is 502 g/mol. The van der Waals surface area contributed by atoms with Crippen LogP contribution in [-0.4, -0.2) is 26.4 Å². The molecule has 0 radical (unpaired) electrons. The Morgan fingerprint density at radius 3 is 1.97 bits per heavy atom. The number of thiazole rings is 1. The van der Waals surface area contributed by atoms with Crippen molar-refractivity contribution in [2.75, 3.05) is 16.7 Å². The Kier molecular flexibility index (Phi) is 6.85. The van der Waals surface area contributed by atoms with Crippen LogP contribution in [0.2, 0.25) is 0 Å². The molecule has 37 heavy (non-hydrogen) atoms. The van der Waals surface area contributed by atoms with E-state index in [2.05, 4.69) is 22.4 Å². The maximum Gasteiger partial charge on any atom is 0.264 e. The van der Waals surface area contributed by atoms with Crippen molar-refractivity contribution in [3.63, 3.8) is 0 Å². The normalized spacial score (nSPS) is 11.2. The molecule has 0 spiro atoms. The Morgan fingerprint density at radius 2 is 1.32 bits per heavy atom. The van der Waals surface area contributed by atoms with Gasteiger partial charge in [-0.25, -0.2) is 13.4 Å². The maximum atomic E-state index is 13.0. The molecule has 0 aliphatic rings. The molecule has 184 valence electrons. The number of anilines is 2. The van der Waals surface area contributed by atoms with Crippen molar-refractivity contribution in [3.05, 3.63) is 120 Å². The number of para-hydroxylation sites is 1. The summed E-state index contributed by atoms with van der Waals surface area (Å²) in [7, 11) is -2.25. The molecule has 6 nitrogen and oxygen atoms in total. The van der Waals surface area contributed by atoms with E-state index >= 15 is 0 Å². The van der Waals surface area contributed by atoms with Crippen molar-refractivity contribution < 1.29 is 13.2 Å². The van der Waals surface area contributed by atoms with Gasteiger partial charge in [0.1, 0.15) is 0 Å². The lowest BCUT2D eigenvalue weighted by Gasteiger charge is -2.19. The number of hydrogen-bond donors (Lipinski definition) is 1. The first-order chi connectivity index (χ1) is 17.9. The van der Waals surface area contributed by atoms with Crippen LogP contribution in [0.1, 0.15) is 10.4 Å². The number of hydrogen-bond acceptors (Lipinski definition) is 5. The van der Waals surface area contributed by atoms with E-state index in [1.54, 1.807) is 24.3 Å². The van der Waals surface area contributed by atoms with Gasteiger partial charge in [-0.15, -0.1) is 11.3 Å². The molecule has 1 aromatic heterocycles. The number of sulfonamides is 1. The Bertz CT molecular complexity index is 1620. The molecule has 5 rings (SSSR count). The molecule has 0 bridgehead atoms. The second-order valence-corrected chi connectivity index (χ2v) is 11.1. The molecule has 1 heterocycles. The topological polar surface area (TPSA) is 79.4 Å². The van der Waals surface area contributed by atoms with Crippen LogP contribution in [0, 0.1) is 0 Å². The van der Waals surface area contributed by atoms with Crippen LogP contribution in [0.4, 0.5) is 10.8 Å². The van der Waals surface area contributed by atoms with Crippen LogP contribution in [-0.2, 0) is 10.0 Å². The zero-order valence-electron chi connectivity index (χ0n) is 19.9. The monoisotopic (exact) mass is 525 g/mol. The number of carbonyl (C=O) groups is 1. The predicted octanol–water partition coefficient (Wildman–Crippen LogP) is 6.55. The van der Waals surface area contributed by atoms with Crippen LogP contribution in [0.5, 0.6) is 0 Å². The van der Waals surface area contributed by atoms with E-state index in [-0.39, 0.29) is 10.8 Å². The number of rotatable bonds is 7. The van der Waals surface area contributed by atoms with Crippen molar-refractivity contribution in [1.29, 1.82) is 0 Å². The molecule has 0 saturated heterocycles. The van der Waals surface area contributed by atoms with Crippen molar-refractivity contribution in [3.8, 4) is 22.4 Å². The van der Waals surface area contributed by atoms with E-state index in [0.29, 0.717) is 16.4 Å². The Hall–Kier alpha value is -4.27. The maximum absolute atomic E-state index is 13.0. The molecule has 4 aromatic carbocycles. The van der Waals surface area contributed by atoms with Crippen molar-refractivity contribution >= 4 is 38.1 Å². The van der Waals surface area contributed by atoms with Gasteiger partial charge < -0.3 is 0 Å². The third-order valence-corrected chi connectivity index (χ3v) is 8.46. The molecule has 1 amide bonds. The number of benzene rings is 4. The lowest BCUT2D eigenvalue weighted by atomic mass is 10.0. The predicted molar refractivity (Wildman–Crippen MR) is 149 cm³/mol. The van der Waals surface area contributed by atoms with Crippen LogP contribution in [0.15, 0.2) is 119 Å². The minimum absolute atomic E-state index is 0.103. The van der Waals surface area contributed by atoms with E-state index < -0.39 is 10.0 Å². The first-order valence-electron chi connectivity index (χ1n) is 11.5. The van der Waals surface area contributed by atoms with Crippen molar-refractivity contribution in [1.82, 2.24) is 4.98 Å². The fourth-order valence-electron chi connectivity index (χ4n) is 3.81. The molecule has 0 unspecified atom stereocenters. The fraction of sp³-hybridized carbons (Fsp3) is 0.0345. The molecular formula is C29H23N3O3S2. The summed E-state index contributed by atoms with van der Waals surface area (Å²) in [4.78, 5) is 17.4. The number of aromatic nitrogens is 1. The summed E-state index contributed by atoms with van der Waals surface area (Å²) in [5.41, 5.74) is 4.88. The minimum atomic E-state index is -3.75. The first-order valence-corrected chi connectivity index (χ1v) is 13.8. The van der Waals surface area contributed by atoms with E-state index in [4.69, 9.17) is 0 Å². The van der Waals surface area contributed by atoms with E-state index in [1.165, 1.54) is 47.0 Å². The zero-order valence-corrected chi connectivity index (χ0v) is 21.5. The molecule has 8 heteroatoms. The molecule has 0 saturated carbocycles. The van der Waals surface area contributed by atoms with Crippen LogP contribution < -0.4 is 9.62 Å². The van der Waals surface area contributed by atoms with Crippen molar-refractivity contribution in [2.45, 2.75) is 4.90 Å². The van der Waals surface area contributed by atoms with Gasteiger partial charge in [0.05, 0.1) is 16.3 Å². The highest BCUT2D eigenvalue weighted by atomic mass is 32.2. The summed E-state index contributed by atoms with van der Waals surface area (Å²) in [6.07, 6.45) is 0. The molecule has 0 aliphatic carbocycles. The van der Waals surface area contributed by atoms with E-state index in [1.807, 2.05) is 53.9 Å². The second-order valence-electron chi connectivity index (χ2n) is 8.27. The highest BCUT2D eigenvalue weighted by Crippen LogP contribution is 2.28. The largest absolute Gasteiger partial charge is 0.298 e. The summed E-state index contributed by atoms with van der Waals surface area (Å²) in [6.45, 7) is 0. The quantitative estimate of drug-likeness (QED) is 0.261. The Morgan fingerprint density at radius 1 is 0.757 bits per heavy atom. The van der Waals surface area contributed by atoms with Gasteiger partial charge >= 0.3 is 0 Å². The lowest BCUT2D eigenvalue weighted by Crippen LogP contribution is -2.26. The fourth-order valence-corrected chi connectivity index (χ4v) is 5.72. The van der Waals surface area contributed by atoms with Gasteiger partial charge in [0, 0.05) is 23.6 Å². The van der Waals surface area contributed by atoms with E-state index in [0.717, 1.165) is 22.4 Å². The average Bonchev–Trinajstić information content (AvgIpc) is 3.42. The zero-order chi connectivity index (χ0) is 25.8. The second kappa shape index (κ2) is 10.4. The average molecular weight is 526 g/mol. The first kappa shape index (κ1) is 24.4. The SMILES string of the molecule is CN(c1ccccc1)S(=O)(=O)c1ccc(C(=O)Nc2nc(-c3ccc(-c4ccccc4)cc3)cs2)cc1. The molecule has 5 aromatic rings. The summed E-state index contributed by atoms with van der Waals surface area (Å²) in [5.74, 6) is -0.360. The molecule has 1 N–H and O–H groups in total. The Balaban J connectivity index is 1.26. The lowest BCUT2D eigenvalue weighted by molar-refractivity contribution is 0.102. The molecule has 0 aliphatic heterocycles. The van der Waals surface area contributed by atoms with Gasteiger partial charge in [-0.2, -0.15) is 0 Å². The Labute approximate surface area is 219 Å². The number of nitrogens with one attached hydrogen (secondary N) is 1. The van der Waals surface area contributed by atoms with E-state index in [9.17, 15) is 13.2 Å². The number of amides is 1. The third-order valence-electron chi connectivity index (χ3n) is 5.91. The smallest absolute Gasteiger partial charge is 0.264 e. The number of carbonyl (C=O) groups excluding carboxylic acids is 1. The summed E-state index contributed by atoms with van der Waals surface area (Å²) >= 11 is 1.33. The summed E-state index contributed by atoms with van der Waals surface area (Å²) in [5, 5.41) is 5.16. The number of nitrogens with zero attached hydrogens (tertiary/aromatic N) is 2. The summed E-state index contributed by atoms with van der Waals surface area (Å²) < 4.78 is 27.1. The molecule has 0 atom stereocenters. The van der Waals surface area contributed by atoms with Gasteiger partial charge in [0.15, 0.2) is 5.13 Å². The van der Waals surface area contributed by atoms with Crippen LogP contribution in [0.3, 0.4) is 0 Å². The summed E-state index contributed by atoms with van der Waals surface area (Å²) in [6, 6.07) is 32.9. The van der Waals surface area contributed by atoms with Crippen LogP contribution >= 0.6 is 11.3 Å². The van der Waals surface area contributed by atoms with Gasteiger partial charge in [0.2, 0.25) is 0 Å². The van der Waals surface area contributed by atoms with Crippen LogP contribution in [0.25, 0.3) is 22.4 Å². The van der Waals surface area contributed by atoms with Gasteiger partial charge in [-0.3, -0.25) is 14.4 Å². The standard InChI is InChI=1S/C29H23N3O3S2/c1-32(25-10-6-3-7-11-25)37(34,35)26-18-16-24(17-19-26)28(33)31-29-30-27(20-36-29)23-14-12-22(13-15-23)21-8-4-2-5-9-21/h2-20H,1H3,(H,30,31,33). The highest BCUT2D eigenvalue weighted by molar-refractivity contribution is 7.92. The highest BCUT2D eigenvalue weighted by Gasteiger charge is 2.21.